The van der Waals surface area contributed by atoms with Crippen molar-refractivity contribution in [1.29, 1.82) is 0 Å². The lowest BCUT2D eigenvalue weighted by Gasteiger charge is -2.11. The van der Waals surface area contributed by atoms with E-state index >= 15 is 0 Å². The number of carbonyl (C=O) groups excluding carboxylic acids is 1. The van der Waals surface area contributed by atoms with Gasteiger partial charge in [0, 0.05) is 5.56 Å². The molecule has 0 fully saturated rings. The van der Waals surface area contributed by atoms with Gasteiger partial charge in [-0.2, -0.15) is 0 Å². The van der Waals surface area contributed by atoms with Crippen molar-refractivity contribution in [2.45, 2.75) is 0 Å². The third kappa shape index (κ3) is 4.10. The number of hydrogen-bond donors (Lipinski definition) is 2. The fraction of sp³-hybridized carbons (Fsp3) is 0.100. The Kier molecular flexibility index (Phi) is 5.34. The Labute approximate surface area is 151 Å². The van der Waals surface area contributed by atoms with E-state index in [9.17, 15) is 4.79 Å². The molecule has 3 rings (SSSR count). The third-order valence-corrected chi connectivity index (χ3v) is 3.74. The number of benzene rings is 2. The van der Waals surface area contributed by atoms with Gasteiger partial charge in [-0.1, -0.05) is 12.1 Å². The van der Waals surface area contributed by atoms with Crippen LogP contribution >= 0.6 is 0 Å². The number of methoxy groups -OCH3 is 2. The van der Waals surface area contributed by atoms with Gasteiger partial charge in [-0.3, -0.25) is 4.79 Å². The molecule has 1 aromatic heterocycles. The molecular weight excluding hydrogens is 330 g/mol. The van der Waals surface area contributed by atoms with Gasteiger partial charge in [0.25, 0.3) is 5.91 Å². The van der Waals surface area contributed by atoms with Crippen molar-refractivity contribution in [2.24, 2.45) is 0 Å². The summed E-state index contributed by atoms with van der Waals surface area (Å²) in [5, 5.41) is 6.00. The van der Waals surface area contributed by atoms with Gasteiger partial charge in [0.15, 0.2) is 0 Å². The van der Waals surface area contributed by atoms with Gasteiger partial charge in [-0.15, -0.1) is 0 Å². The predicted molar refractivity (Wildman–Crippen MR) is 101 cm³/mol. The second kappa shape index (κ2) is 8.02. The lowest BCUT2D eigenvalue weighted by molar-refractivity contribution is 0.102. The van der Waals surface area contributed by atoms with E-state index in [1.807, 2.05) is 24.3 Å². The zero-order valence-corrected chi connectivity index (χ0v) is 14.5. The Morgan fingerprint density at radius 3 is 2.35 bits per heavy atom. The van der Waals surface area contributed by atoms with E-state index in [2.05, 4.69) is 15.6 Å². The van der Waals surface area contributed by atoms with Gasteiger partial charge in [-0.25, -0.2) is 4.98 Å². The largest absolute Gasteiger partial charge is 0.497 e. The van der Waals surface area contributed by atoms with Gasteiger partial charge in [0.05, 0.1) is 31.8 Å². The van der Waals surface area contributed by atoms with Crippen LogP contribution in [0.5, 0.6) is 11.5 Å². The number of ether oxygens (including phenoxy) is 2. The minimum Gasteiger partial charge on any atom is -0.497 e. The molecule has 1 heterocycles. The van der Waals surface area contributed by atoms with Gasteiger partial charge < -0.3 is 20.1 Å². The normalized spacial score (nSPS) is 10.1. The second-order valence-electron chi connectivity index (χ2n) is 5.44. The molecule has 3 aromatic rings. The Bertz CT molecular complexity index is 878. The highest BCUT2D eigenvalue weighted by Gasteiger charge is 2.07. The predicted octanol–water partition coefficient (Wildman–Crippen LogP) is 4.09. The maximum atomic E-state index is 12.3. The molecular formula is C20H19N3O3. The molecule has 1 amide bonds. The van der Waals surface area contributed by atoms with Crippen LogP contribution in [-0.4, -0.2) is 25.1 Å². The lowest BCUT2D eigenvalue weighted by Crippen LogP contribution is -2.12. The first kappa shape index (κ1) is 17.3. The molecule has 26 heavy (non-hydrogen) atoms. The second-order valence-corrected chi connectivity index (χ2v) is 5.44. The first-order valence-corrected chi connectivity index (χ1v) is 8.01. The highest BCUT2D eigenvalue weighted by atomic mass is 16.5. The van der Waals surface area contributed by atoms with E-state index in [-0.39, 0.29) is 5.91 Å². The topological polar surface area (TPSA) is 72.5 Å². The molecule has 0 radical (unpaired) electrons. The number of hydrogen-bond acceptors (Lipinski definition) is 5. The van der Waals surface area contributed by atoms with Crippen LogP contribution in [0.4, 0.5) is 17.2 Å². The number of aromatic nitrogens is 1. The van der Waals surface area contributed by atoms with E-state index in [1.165, 1.54) is 0 Å². The van der Waals surface area contributed by atoms with Crippen molar-refractivity contribution in [3.63, 3.8) is 0 Å². The monoisotopic (exact) mass is 349 g/mol. The van der Waals surface area contributed by atoms with Crippen molar-refractivity contribution in [2.75, 3.05) is 24.9 Å². The van der Waals surface area contributed by atoms with Crippen molar-refractivity contribution in [3.05, 3.63) is 72.4 Å². The average molecular weight is 349 g/mol. The molecule has 0 spiro atoms. The Morgan fingerprint density at radius 1 is 0.923 bits per heavy atom. The fourth-order valence-electron chi connectivity index (χ4n) is 2.37. The molecule has 0 bridgehead atoms. The molecule has 6 heteroatoms. The number of nitrogens with one attached hydrogen (secondary N) is 2. The molecule has 0 saturated carbocycles. The van der Waals surface area contributed by atoms with E-state index in [4.69, 9.17) is 9.47 Å². The maximum Gasteiger partial charge on any atom is 0.255 e. The number of rotatable bonds is 6. The molecule has 132 valence electrons. The van der Waals surface area contributed by atoms with Crippen molar-refractivity contribution in [1.82, 2.24) is 4.98 Å². The summed E-state index contributed by atoms with van der Waals surface area (Å²) in [6.07, 6.45) is 1.60. The first-order valence-electron chi connectivity index (χ1n) is 8.01. The molecule has 0 atom stereocenters. The van der Waals surface area contributed by atoms with Crippen molar-refractivity contribution >= 4 is 23.1 Å². The number of para-hydroxylation sites is 2. The van der Waals surface area contributed by atoms with Crippen LogP contribution in [0.15, 0.2) is 66.9 Å². The van der Waals surface area contributed by atoms with Gasteiger partial charge in [0.1, 0.15) is 17.3 Å². The fourth-order valence-corrected chi connectivity index (χ4v) is 2.37. The van der Waals surface area contributed by atoms with Crippen LogP contribution in [0.2, 0.25) is 0 Å². The van der Waals surface area contributed by atoms with Gasteiger partial charge in [0.2, 0.25) is 0 Å². The minimum atomic E-state index is -0.208. The van der Waals surface area contributed by atoms with Crippen LogP contribution in [-0.2, 0) is 0 Å². The van der Waals surface area contributed by atoms with Crippen LogP contribution < -0.4 is 20.1 Å². The summed E-state index contributed by atoms with van der Waals surface area (Å²) in [4.78, 5) is 16.6. The van der Waals surface area contributed by atoms with E-state index < -0.39 is 0 Å². The van der Waals surface area contributed by atoms with E-state index in [0.717, 1.165) is 11.4 Å². The summed E-state index contributed by atoms with van der Waals surface area (Å²) in [5.74, 6) is 1.87. The summed E-state index contributed by atoms with van der Waals surface area (Å²) in [6, 6.07) is 18.1. The summed E-state index contributed by atoms with van der Waals surface area (Å²) in [7, 11) is 3.20. The number of pyridine rings is 1. The van der Waals surface area contributed by atoms with Crippen LogP contribution in [0.3, 0.4) is 0 Å². The van der Waals surface area contributed by atoms with Crippen LogP contribution in [0.1, 0.15) is 10.4 Å². The average Bonchev–Trinajstić information content (AvgIpc) is 2.70. The summed E-state index contributed by atoms with van der Waals surface area (Å²) < 4.78 is 10.4. The zero-order valence-electron chi connectivity index (χ0n) is 14.5. The maximum absolute atomic E-state index is 12.3. The highest BCUT2D eigenvalue weighted by molar-refractivity contribution is 6.04. The molecule has 0 aliphatic rings. The zero-order chi connectivity index (χ0) is 18.4. The number of nitrogens with zero attached hydrogens (tertiary/aromatic N) is 1. The molecule has 0 aliphatic carbocycles. The van der Waals surface area contributed by atoms with E-state index in [0.29, 0.717) is 22.8 Å². The molecule has 0 aliphatic heterocycles. The summed E-state index contributed by atoms with van der Waals surface area (Å²) in [5.41, 5.74) is 1.97. The Balaban J connectivity index is 1.66. The Hall–Kier alpha value is -3.54. The summed E-state index contributed by atoms with van der Waals surface area (Å²) >= 11 is 0. The quantitative estimate of drug-likeness (QED) is 0.701. The van der Waals surface area contributed by atoms with E-state index in [1.54, 1.807) is 56.8 Å². The standard InChI is InChI=1S/C20H19N3O3/c1-25-16-10-7-14(8-11-16)20(24)22-15-9-12-19(21-13-15)23-17-5-3-4-6-18(17)26-2/h3-13H,1-2H3,(H,21,23)(H,22,24). The number of amides is 1. The number of carbonyl (C=O) groups is 1. The minimum absolute atomic E-state index is 0.208. The van der Waals surface area contributed by atoms with Crippen LogP contribution in [0.25, 0.3) is 0 Å². The molecule has 0 saturated heterocycles. The number of anilines is 3. The molecule has 0 unspecified atom stereocenters. The molecule has 6 nitrogen and oxygen atoms in total. The van der Waals surface area contributed by atoms with Crippen molar-refractivity contribution in [3.8, 4) is 11.5 Å². The SMILES string of the molecule is COc1ccc(C(=O)Nc2ccc(Nc3ccccc3OC)nc2)cc1. The molecule has 2 aromatic carbocycles. The van der Waals surface area contributed by atoms with Gasteiger partial charge >= 0.3 is 0 Å². The highest BCUT2D eigenvalue weighted by Crippen LogP contribution is 2.26. The molecule has 2 N–H and O–H groups in total. The first-order chi connectivity index (χ1) is 12.7. The smallest absolute Gasteiger partial charge is 0.255 e. The van der Waals surface area contributed by atoms with Crippen molar-refractivity contribution < 1.29 is 14.3 Å². The third-order valence-electron chi connectivity index (χ3n) is 3.74. The lowest BCUT2D eigenvalue weighted by atomic mass is 10.2. The summed E-state index contributed by atoms with van der Waals surface area (Å²) in [6.45, 7) is 0. The van der Waals surface area contributed by atoms with Crippen LogP contribution in [0, 0.1) is 0 Å². The van der Waals surface area contributed by atoms with Gasteiger partial charge in [-0.05, 0) is 48.5 Å². The Morgan fingerprint density at radius 2 is 1.69 bits per heavy atom.